The number of carbonyl (C=O) groups is 2. The number of phenolic OH excluding ortho intramolecular Hbond substituents is 1. The lowest BCUT2D eigenvalue weighted by atomic mass is 10.0. The number of hydrogen-bond acceptors (Lipinski definition) is 6. The van der Waals surface area contributed by atoms with Crippen LogP contribution in [0.2, 0.25) is 0 Å². The molecule has 7 nitrogen and oxygen atoms in total. The van der Waals surface area contributed by atoms with Crippen molar-refractivity contribution in [3.8, 4) is 16.9 Å². The SMILES string of the molecule is O=C(c1cc(C(=O)N2CCCC2)c2nc3scc(-c4ccccc4)c3c(=O)n2c1)c1ccccc1O. The van der Waals surface area contributed by atoms with E-state index in [0.717, 1.165) is 24.0 Å². The Morgan fingerprint density at radius 1 is 0.944 bits per heavy atom. The number of hydrogen-bond donors (Lipinski definition) is 1. The van der Waals surface area contributed by atoms with E-state index in [-0.39, 0.29) is 39.6 Å². The van der Waals surface area contributed by atoms with Gasteiger partial charge in [0.2, 0.25) is 0 Å². The number of ketones is 1. The number of aromatic hydroxyl groups is 1. The van der Waals surface area contributed by atoms with Crippen molar-refractivity contribution in [1.82, 2.24) is 14.3 Å². The van der Waals surface area contributed by atoms with Crippen molar-refractivity contribution in [3.63, 3.8) is 0 Å². The largest absolute Gasteiger partial charge is 0.507 e. The third-order valence-electron chi connectivity index (χ3n) is 6.57. The summed E-state index contributed by atoms with van der Waals surface area (Å²) in [6.45, 7) is 1.23. The zero-order valence-corrected chi connectivity index (χ0v) is 20.0. The second-order valence-corrected chi connectivity index (χ2v) is 9.65. The molecule has 1 saturated heterocycles. The molecule has 0 saturated carbocycles. The molecule has 4 heterocycles. The summed E-state index contributed by atoms with van der Waals surface area (Å²) in [4.78, 5) is 47.8. The second-order valence-electron chi connectivity index (χ2n) is 8.79. The van der Waals surface area contributed by atoms with Gasteiger partial charge in [0.25, 0.3) is 11.5 Å². The number of thiophene rings is 1. The average molecular weight is 496 g/mol. The van der Waals surface area contributed by atoms with E-state index >= 15 is 0 Å². The smallest absolute Gasteiger partial charge is 0.267 e. The van der Waals surface area contributed by atoms with Crippen LogP contribution in [-0.4, -0.2) is 44.2 Å². The van der Waals surface area contributed by atoms with Crippen LogP contribution in [0.5, 0.6) is 5.75 Å². The van der Waals surface area contributed by atoms with Gasteiger partial charge in [-0.15, -0.1) is 11.3 Å². The number of carbonyl (C=O) groups excluding carboxylic acids is 2. The topological polar surface area (TPSA) is 92.0 Å². The van der Waals surface area contributed by atoms with E-state index in [1.165, 1.54) is 40.1 Å². The van der Waals surface area contributed by atoms with Gasteiger partial charge in [0.15, 0.2) is 11.4 Å². The highest BCUT2D eigenvalue weighted by Crippen LogP contribution is 2.32. The fourth-order valence-corrected chi connectivity index (χ4v) is 5.67. The van der Waals surface area contributed by atoms with Crippen LogP contribution in [-0.2, 0) is 0 Å². The fraction of sp³-hybridized carbons (Fsp3) is 0.143. The number of likely N-dealkylation sites (tertiary alicyclic amines) is 1. The standard InChI is InChI=1S/C28H21N3O4S/c32-22-11-5-4-10-19(22)24(33)18-14-20(27(34)30-12-6-7-13-30)25-29-26-23(28(35)31(25)15-18)21(16-36-26)17-8-2-1-3-9-17/h1-5,8-11,14-16,32H,6-7,12-13H2. The number of pyridine rings is 1. The van der Waals surface area contributed by atoms with Gasteiger partial charge in [-0.25, -0.2) is 4.98 Å². The molecule has 0 bridgehead atoms. The molecule has 0 atom stereocenters. The maximum Gasteiger partial charge on any atom is 0.267 e. The number of aromatic nitrogens is 2. The number of benzene rings is 2. The highest BCUT2D eigenvalue weighted by Gasteiger charge is 2.26. The minimum atomic E-state index is -0.480. The molecule has 6 rings (SSSR count). The van der Waals surface area contributed by atoms with Gasteiger partial charge in [0.1, 0.15) is 10.6 Å². The normalized spacial score (nSPS) is 13.5. The monoisotopic (exact) mass is 495 g/mol. The quantitative estimate of drug-likeness (QED) is 0.363. The highest BCUT2D eigenvalue weighted by atomic mass is 32.1. The zero-order chi connectivity index (χ0) is 24.8. The zero-order valence-electron chi connectivity index (χ0n) is 19.2. The van der Waals surface area contributed by atoms with Crippen molar-refractivity contribution in [2.75, 3.05) is 13.1 Å². The number of para-hydroxylation sites is 1. The van der Waals surface area contributed by atoms with Crippen molar-refractivity contribution in [3.05, 3.63) is 99.3 Å². The summed E-state index contributed by atoms with van der Waals surface area (Å²) in [5.74, 6) is -0.908. The Kier molecular flexibility index (Phi) is 5.38. The van der Waals surface area contributed by atoms with Crippen LogP contribution < -0.4 is 5.56 Å². The van der Waals surface area contributed by atoms with Gasteiger partial charge in [-0.2, -0.15) is 0 Å². The molecule has 1 aliphatic heterocycles. The minimum Gasteiger partial charge on any atom is -0.507 e. The second kappa shape index (κ2) is 8.73. The van der Waals surface area contributed by atoms with Gasteiger partial charge in [-0.1, -0.05) is 42.5 Å². The molecule has 1 fully saturated rings. The molecular formula is C28H21N3O4S. The average Bonchev–Trinajstić information content (AvgIpc) is 3.59. The van der Waals surface area contributed by atoms with Crippen molar-refractivity contribution < 1.29 is 14.7 Å². The molecule has 0 aliphatic carbocycles. The lowest BCUT2D eigenvalue weighted by Gasteiger charge is -2.17. The predicted molar refractivity (Wildman–Crippen MR) is 139 cm³/mol. The van der Waals surface area contributed by atoms with E-state index < -0.39 is 5.78 Å². The Bertz CT molecular complexity index is 1720. The van der Waals surface area contributed by atoms with Crippen LogP contribution in [0.1, 0.15) is 39.1 Å². The first-order chi connectivity index (χ1) is 17.5. The first-order valence-corrected chi connectivity index (χ1v) is 12.6. The van der Waals surface area contributed by atoms with Gasteiger partial charge in [-0.05, 0) is 36.6 Å². The molecule has 0 unspecified atom stereocenters. The van der Waals surface area contributed by atoms with E-state index in [4.69, 9.17) is 4.98 Å². The Balaban J connectivity index is 1.63. The Morgan fingerprint density at radius 3 is 2.42 bits per heavy atom. The van der Waals surface area contributed by atoms with Crippen molar-refractivity contribution in [2.45, 2.75) is 12.8 Å². The summed E-state index contributed by atoms with van der Waals surface area (Å²) in [5, 5.41) is 12.6. The molecule has 36 heavy (non-hydrogen) atoms. The maximum atomic E-state index is 13.9. The van der Waals surface area contributed by atoms with Gasteiger partial charge >= 0.3 is 0 Å². The number of fused-ring (bicyclic) bond motifs is 2. The van der Waals surface area contributed by atoms with Gasteiger partial charge in [-0.3, -0.25) is 18.8 Å². The maximum absolute atomic E-state index is 13.9. The molecule has 1 amide bonds. The van der Waals surface area contributed by atoms with Crippen LogP contribution in [0.15, 0.2) is 77.0 Å². The first-order valence-electron chi connectivity index (χ1n) is 11.7. The Morgan fingerprint density at radius 2 is 1.67 bits per heavy atom. The predicted octanol–water partition coefficient (Wildman–Crippen LogP) is 4.75. The van der Waals surface area contributed by atoms with E-state index in [9.17, 15) is 19.5 Å². The molecule has 5 aromatic rings. The van der Waals surface area contributed by atoms with Gasteiger partial charge < -0.3 is 10.0 Å². The Hall–Kier alpha value is -4.30. The summed E-state index contributed by atoms with van der Waals surface area (Å²) in [6.07, 6.45) is 3.23. The molecule has 1 N–H and O–H groups in total. The molecule has 1 aliphatic rings. The molecule has 178 valence electrons. The lowest BCUT2D eigenvalue weighted by Crippen LogP contribution is -2.30. The summed E-state index contributed by atoms with van der Waals surface area (Å²) in [7, 11) is 0. The van der Waals surface area contributed by atoms with E-state index in [1.807, 2.05) is 35.7 Å². The van der Waals surface area contributed by atoms with Crippen LogP contribution in [0.25, 0.3) is 27.0 Å². The van der Waals surface area contributed by atoms with Gasteiger partial charge in [0.05, 0.1) is 16.5 Å². The van der Waals surface area contributed by atoms with Crippen LogP contribution in [0.4, 0.5) is 0 Å². The molecular weight excluding hydrogens is 474 g/mol. The van der Waals surface area contributed by atoms with Crippen molar-refractivity contribution in [1.29, 1.82) is 0 Å². The van der Waals surface area contributed by atoms with Crippen LogP contribution in [0.3, 0.4) is 0 Å². The molecule has 0 radical (unpaired) electrons. The first kappa shape index (κ1) is 22.2. The Labute approximate surface area is 209 Å². The number of phenols is 1. The van der Waals surface area contributed by atoms with E-state index in [1.54, 1.807) is 17.0 Å². The third kappa shape index (κ3) is 3.58. The molecule has 0 spiro atoms. The molecule has 8 heteroatoms. The van der Waals surface area contributed by atoms with Crippen molar-refractivity contribution in [2.24, 2.45) is 0 Å². The summed E-state index contributed by atoms with van der Waals surface area (Å²) < 4.78 is 1.30. The van der Waals surface area contributed by atoms with Gasteiger partial charge in [0, 0.05) is 35.8 Å². The van der Waals surface area contributed by atoms with E-state index in [2.05, 4.69) is 0 Å². The molecule has 3 aromatic heterocycles. The summed E-state index contributed by atoms with van der Waals surface area (Å²) in [5.41, 5.74) is 1.94. The number of amides is 1. The summed E-state index contributed by atoms with van der Waals surface area (Å²) >= 11 is 1.35. The van der Waals surface area contributed by atoms with Crippen molar-refractivity contribution >= 4 is 38.9 Å². The molecule has 2 aromatic carbocycles. The summed E-state index contributed by atoms with van der Waals surface area (Å²) in [6, 6.07) is 17.3. The lowest BCUT2D eigenvalue weighted by molar-refractivity contribution is 0.0794. The third-order valence-corrected chi connectivity index (χ3v) is 7.44. The number of nitrogens with zero attached hydrogens (tertiary/aromatic N) is 3. The fourth-order valence-electron chi connectivity index (χ4n) is 4.73. The van der Waals surface area contributed by atoms with Crippen LogP contribution in [0, 0.1) is 0 Å². The van der Waals surface area contributed by atoms with Crippen LogP contribution >= 0.6 is 11.3 Å². The highest BCUT2D eigenvalue weighted by molar-refractivity contribution is 7.17. The minimum absolute atomic E-state index is 0.0963. The number of rotatable bonds is 4. The van der Waals surface area contributed by atoms with E-state index in [0.29, 0.717) is 23.3 Å².